The molecule has 1 atom stereocenters. The number of rotatable bonds is 2. The average molecular weight is 354 g/mol. The second-order valence-electron chi connectivity index (χ2n) is 4.23. The predicted octanol–water partition coefficient (Wildman–Crippen LogP) is 5.55. The molecule has 0 aliphatic carbocycles. The zero-order valence-electron chi connectivity index (χ0n) is 9.87. The number of hydrogen-bond donors (Lipinski definition) is 0. The summed E-state index contributed by atoms with van der Waals surface area (Å²) in [4.78, 5) is 0.234. The molecule has 0 aromatic heterocycles. The molecule has 2 heteroatoms. The van der Waals surface area contributed by atoms with E-state index in [4.69, 9.17) is 0 Å². The lowest BCUT2D eigenvalue weighted by molar-refractivity contribution is 1.14. The topological polar surface area (TPSA) is 0 Å². The normalized spacial score (nSPS) is 12.5. The molecule has 0 saturated heterocycles. The third-order valence-electron chi connectivity index (χ3n) is 3.00. The molecule has 0 spiro atoms. The highest BCUT2D eigenvalue weighted by molar-refractivity contribution is 9.11. The van der Waals surface area contributed by atoms with E-state index in [1.165, 1.54) is 22.3 Å². The summed E-state index contributed by atoms with van der Waals surface area (Å²) in [6.45, 7) is 4.29. The highest BCUT2D eigenvalue weighted by Crippen LogP contribution is 2.35. The van der Waals surface area contributed by atoms with Crippen LogP contribution in [-0.4, -0.2) is 0 Å². The Hall–Kier alpha value is -0.600. The fraction of sp³-hybridized carbons (Fsp3) is 0.200. The molecule has 2 rings (SSSR count). The second-order valence-corrected chi connectivity index (χ2v) is 6.00. The van der Waals surface area contributed by atoms with Crippen molar-refractivity contribution >= 4 is 31.9 Å². The zero-order valence-corrected chi connectivity index (χ0v) is 13.0. The van der Waals surface area contributed by atoms with Crippen molar-refractivity contribution in [2.24, 2.45) is 0 Å². The van der Waals surface area contributed by atoms with E-state index < -0.39 is 0 Å². The first-order chi connectivity index (χ1) is 8.09. The lowest BCUT2D eigenvalue weighted by Gasteiger charge is -2.14. The van der Waals surface area contributed by atoms with Crippen molar-refractivity contribution in [2.45, 2.75) is 18.7 Å². The number of benzene rings is 2. The van der Waals surface area contributed by atoms with Crippen molar-refractivity contribution in [1.82, 2.24) is 0 Å². The van der Waals surface area contributed by atoms with Crippen molar-refractivity contribution < 1.29 is 0 Å². The summed E-state index contributed by atoms with van der Waals surface area (Å²) in [5.41, 5.74) is 5.22. The fourth-order valence-corrected chi connectivity index (χ4v) is 3.29. The SMILES string of the molecule is Cc1ccc(C(Br)c2ccccc2Br)cc1C. The Balaban J connectivity index is 2.40. The minimum Gasteiger partial charge on any atom is -0.0786 e. The van der Waals surface area contributed by atoms with Crippen LogP contribution < -0.4 is 0 Å². The standard InChI is InChI=1S/C15H14Br2/c1-10-7-8-12(9-11(10)2)15(17)13-5-3-4-6-14(13)16/h3-9,15H,1-2H3. The first kappa shape index (κ1) is 12.8. The van der Waals surface area contributed by atoms with Gasteiger partial charge in [0.2, 0.25) is 0 Å². The van der Waals surface area contributed by atoms with E-state index >= 15 is 0 Å². The van der Waals surface area contributed by atoms with E-state index in [0.717, 1.165) is 4.47 Å². The summed E-state index contributed by atoms with van der Waals surface area (Å²) in [6, 6.07) is 14.9. The summed E-state index contributed by atoms with van der Waals surface area (Å²) in [6.07, 6.45) is 0. The van der Waals surface area contributed by atoms with Crippen LogP contribution in [0.3, 0.4) is 0 Å². The van der Waals surface area contributed by atoms with Gasteiger partial charge in [0.15, 0.2) is 0 Å². The molecule has 2 aromatic carbocycles. The molecule has 0 bridgehead atoms. The van der Waals surface area contributed by atoms with Crippen molar-refractivity contribution in [3.63, 3.8) is 0 Å². The third-order valence-corrected chi connectivity index (χ3v) is 4.75. The Morgan fingerprint density at radius 3 is 2.29 bits per heavy atom. The lowest BCUT2D eigenvalue weighted by Crippen LogP contribution is -1.95. The quantitative estimate of drug-likeness (QED) is 0.621. The van der Waals surface area contributed by atoms with Crippen molar-refractivity contribution in [3.8, 4) is 0 Å². The third kappa shape index (κ3) is 2.80. The minimum absolute atomic E-state index is 0.234. The van der Waals surface area contributed by atoms with Gasteiger partial charge >= 0.3 is 0 Å². The Labute approximate surface area is 119 Å². The smallest absolute Gasteiger partial charge is 0.0655 e. The lowest BCUT2D eigenvalue weighted by atomic mass is 10.0. The molecule has 1 unspecified atom stereocenters. The van der Waals surface area contributed by atoms with E-state index in [9.17, 15) is 0 Å². The molecule has 0 aliphatic rings. The van der Waals surface area contributed by atoms with Gasteiger partial charge in [0.25, 0.3) is 0 Å². The van der Waals surface area contributed by atoms with Crippen molar-refractivity contribution in [1.29, 1.82) is 0 Å². The summed E-state index contributed by atoms with van der Waals surface area (Å²) >= 11 is 7.37. The largest absolute Gasteiger partial charge is 0.0786 e. The van der Waals surface area contributed by atoms with Crippen LogP contribution in [0.5, 0.6) is 0 Å². The van der Waals surface area contributed by atoms with E-state index in [0.29, 0.717) is 0 Å². The molecular weight excluding hydrogens is 340 g/mol. The monoisotopic (exact) mass is 352 g/mol. The zero-order chi connectivity index (χ0) is 12.4. The number of alkyl halides is 1. The molecule has 0 amide bonds. The van der Waals surface area contributed by atoms with Crippen molar-refractivity contribution in [2.75, 3.05) is 0 Å². The summed E-state index contributed by atoms with van der Waals surface area (Å²) in [7, 11) is 0. The summed E-state index contributed by atoms with van der Waals surface area (Å²) in [5, 5.41) is 0. The van der Waals surface area contributed by atoms with Crippen LogP contribution in [0.25, 0.3) is 0 Å². The van der Waals surface area contributed by atoms with Gasteiger partial charge in [-0.1, -0.05) is 68.3 Å². The molecule has 0 N–H and O–H groups in total. The van der Waals surface area contributed by atoms with Gasteiger partial charge < -0.3 is 0 Å². The maximum absolute atomic E-state index is 3.77. The van der Waals surface area contributed by atoms with Crippen LogP contribution in [0.1, 0.15) is 27.1 Å². The molecule has 0 heterocycles. The van der Waals surface area contributed by atoms with E-state index in [2.05, 4.69) is 82.1 Å². The number of aryl methyl sites for hydroxylation is 2. The van der Waals surface area contributed by atoms with Gasteiger partial charge in [-0.05, 0) is 42.2 Å². The second kappa shape index (κ2) is 5.36. The van der Waals surface area contributed by atoms with Gasteiger partial charge in [0, 0.05) is 4.47 Å². The van der Waals surface area contributed by atoms with Crippen LogP contribution in [0.2, 0.25) is 0 Å². The van der Waals surface area contributed by atoms with Crippen LogP contribution >= 0.6 is 31.9 Å². The highest BCUT2D eigenvalue weighted by Gasteiger charge is 2.13. The Bertz CT molecular complexity index is 532. The minimum atomic E-state index is 0.234. The predicted molar refractivity (Wildman–Crippen MR) is 80.8 cm³/mol. The molecule has 17 heavy (non-hydrogen) atoms. The Kier molecular flexibility index (Phi) is 4.05. The number of hydrogen-bond acceptors (Lipinski definition) is 0. The van der Waals surface area contributed by atoms with Crippen LogP contribution in [0.15, 0.2) is 46.9 Å². The number of halogens is 2. The highest BCUT2D eigenvalue weighted by atomic mass is 79.9. The summed E-state index contributed by atoms with van der Waals surface area (Å²) in [5.74, 6) is 0. The molecule has 0 aliphatic heterocycles. The molecule has 2 aromatic rings. The first-order valence-electron chi connectivity index (χ1n) is 5.55. The van der Waals surface area contributed by atoms with Crippen LogP contribution in [0.4, 0.5) is 0 Å². The van der Waals surface area contributed by atoms with Gasteiger partial charge in [-0.3, -0.25) is 0 Å². The molecule has 0 fully saturated rings. The van der Waals surface area contributed by atoms with Crippen LogP contribution in [-0.2, 0) is 0 Å². The average Bonchev–Trinajstić information content (AvgIpc) is 2.32. The maximum atomic E-state index is 3.77. The molecule has 88 valence electrons. The summed E-state index contributed by atoms with van der Waals surface area (Å²) < 4.78 is 1.14. The fourth-order valence-electron chi connectivity index (χ4n) is 1.78. The van der Waals surface area contributed by atoms with E-state index in [1.54, 1.807) is 0 Å². The maximum Gasteiger partial charge on any atom is 0.0655 e. The molecule has 0 saturated carbocycles. The van der Waals surface area contributed by atoms with Crippen LogP contribution in [0, 0.1) is 13.8 Å². The van der Waals surface area contributed by atoms with Crippen molar-refractivity contribution in [3.05, 3.63) is 69.2 Å². The van der Waals surface area contributed by atoms with Gasteiger partial charge in [0.05, 0.1) is 4.83 Å². The van der Waals surface area contributed by atoms with E-state index in [1.807, 2.05) is 6.07 Å². The Morgan fingerprint density at radius 2 is 1.65 bits per heavy atom. The van der Waals surface area contributed by atoms with E-state index in [-0.39, 0.29) is 4.83 Å². The van der Waals surface area contributed by atoms with Gasteiger partial charge in [-0.15, -0.1) is 0 Å². The first-order valence-corrected chi connectivity index (χ1v) is 7.26. The molecular formula is C15H14Br2. The molecule has 0 radical (unpaired) electrons. The van der Waals surface area contributed by atoms with Gasteiger partial charge in [-0.2, -0.15) is 0 Å². The molecule has 0 nitrogen and oxygen atoms in total. The van der Waals surface area contributed by atoms with Gasteiger partial charge in [-0.25, -0.2) is 0 Å². The van der Waals surface area contributed by atoms with Gasteiger partial charge in [0.1, 0.15) is 0 Å². The Morgan fingerprint density at radius 1 is 0.941 bits per heavy atom.